The van der Waals surface area contributed by atoms with Crippen LogP contribution in [0.3, 0.4) is 0 Å². The maximum absolute atomic E-state index is 12.5. The second-order valence-electron chi connectivity index (χ2n) is 5.32. The Hall–Kier alpha value is -2.15. The maximum atomic E-state index is 12.5. The zero-order chi connectivity index (χ0) is 15.6. The van der Waals surface area contributed by atoms with Gasteiger partial charge in [-0.3, -0.25) is 19.8 Å². The van der Waals surface area contributed by atoms with Crippen LogP contribution >= 0.6 is 0 Å². The lowest BCUT2D eigenvalue weighted by Gasteiger charge is -2.39. The van der Waals surface area contributed by atoms with E-state index in [-0.39, 0.29) is 17.3 Å². The zero-order valence-electron chi connectivity index (χ0n) is 12.3. The average Bonchev–Trinajstić information content (AvgIpc) is 2.46. The normalized spacial score (nSPS) is 19.5. The molecular formula is C14H20N4O3. The summed E-state index contributed by atoms with van der Waals surface area (Å²) >= 11 is 0. The highest BCUT2D eigenvalue weighted by molar-refractivity contribution is 5.95. The van der Waals surface area contributed by atoms with Crippen LogP contribution in [0.2, 0.25) is 0 Å². The number of hydrogen-bond acceptors (Lipinski definition) is 5. The molecule has 2 N–H and O–H groups in total. The van der Waals surface area contributed by atoms with Crippen LogP contribution in [0, 0.1) is 10.1 Å². The molecule has 1 heterocycles. The van der Waals surface area contributed by atoms with Gasteiger partial charge in [-0.25, -0.2) is 0 Å². The fourth-order valence-corrected chi connectivity index (χ4v) is 2.61. The standard InChI is InChI=1S/C14H20N4O3/c1-3-11-9-17(7-6-16(11)2)14(19)10-4-5-13(18(20)21)12(15)8-10/h4-5,8,11H,3,6-7,9,15H2,1-2H3. The molecule has 7 nitrogen and oxygen atoms in total. The van der Waals surface area contributed by atoms with Gasteiger partial charge in [0.25, 0.3) is 11.6 Å². The molecule has 1 aliphatic heterocycles. The van der Waals surface area contributed by atoms with E-state index in [9.17, 15) is 14.9 Å². The summed E-state index contributed by atoms with van der Waals surface area (Å²) in [5.74, 6) is -0.122. The van der Waals surface area contributed by atoms with Gasteiger partial charge in [-0.1, -0.05) is 6.92 Å². The van der Waals surface area contributed by atoms with Crippen molar-refractivity contribution in [1.82, 2.24) is 9.80 Å². The van der Waals surface area contributed by atoms with E-state index in [1.165, 1.54) is 18.2 Å². The Kier molecular flexibility index (Phi) is 4.42. The monoisotopic (exact) mass is 292 g/mol. The first kappa shape index (κ1) is 15.2. The quantitative estimate of drug-likeness (QED) is 0.515. The molecule has 7 heteroatoms. The highest BCUT2D eigenvalue weighted by Gasteiger charge is 2.27. The largest absolute Gasteiger partial charge is 0.393 e. The molecule has 114 valence electrons. The first-order chi connectivity index (χ1) is 9.93. The number of nitrogens with zero attached hydrogens (tertiary/aromatic N) is 3. The van der Waals surface area contributed by atoms with Crippen LogP contribution in [0.15, 0.2) is 18.2 Å². The summed E-state index contributed by atoms with van der Waals surface area (Å²) in [5.41, 5.74) is 5.90. The van der Waals surface area contributed by atoms with Crippen molar-refractivity contribution in [3.8, 4) is 0 Å². The summed E-state index contributed by atoms with van der Waals surface area (Å²) in [6, 6.07) is 4.49. The number of piperazine rings is 1. The summed E-state index contributed by atoms with van der Waals surface area (Å²) in [4.78, 5) is 26.7. The van der Waals surface area contributed by atoms with E-state index >= 15 is 0 Å². The van der Waals surface area contributed by atoms with E-state index in [0.717, 1.165) is 13.0 Å². The van der Waals surface area contributed by atoms with E-state index in [1.807, 2.05) is 0 Å². The molecule has 1 aromatic carbocycles. The second-order valence-corrected chi connectivity index (χ2v) is 5.32. The zero-order valence-corrected chi connectivity index (χ0v) is 12.3. The molecule has 0 radical (unpaired) electrons. The van der Waals surface area contributed by atoms with Crippen LogP contribution in [0.4, 0.5) is 11.4 Å². The predicted molar refractivity (Wildman–Crippen MR) is 80.1 cm³/mol. The predicted octanol–water partition coefficient (Wildman–Crippen LogP) is 1.34. The molecule has 1 unspecified atom stereocenters. The summed E-state index contributed by atoms with van der Waals surface area (Å²) in [6.07, 6.45) is 0.975. The second kappa shape index (κ2) is 6.09. The summed E-state index contributed by atoms with van der Waals surface area (Å²) in [7, 11) is 2.06. The topological polar surface area (TPSA) is 92.7 Å². The molecule has 0 saturated carbocycles. The average molecular weight is 292 g/mol. The van der Waals surface area contributed by atoms with Gasteiger partial charge in [-0.05, 0) is 25.6 Å². The molecule has 0 aromatic heterocycles. The Balaban J connectivity index is 2.17. The molecule has 0 aliphatic carbocycles. The fraction of sp³-hybridized carbons (Fsp3) is 0.500. The van der Waals surface area contributed by atoms with Crippen molar-refractivity contribution >= 4 is 17.3 Å². The highest BCUT2D eigenvalue weighted by Crippen LogP contribution is 2.23. The number of amides is 1. The van der Waals surface area contributed by atoms with Crippen LogP contribution in [-0.4, -0.2) is 53.4 Å². The fourth-order valence-electron chi connectivity index (χ4n) is 2.61. The van der Waals surface area contributed by atoms with E-state index in [2.05, 4.69) is 18.9 Å². The van der Waals surface area contributed by atoms with Gasteiger partial charge in [-0.2, -0.15) is 0 Å². The molecule has 1 saturated heterocycles. The van der Waals surface area contributed by atoms with Crippen molar-refractivity contribution in [1.29, 1.82) is 0 Å². The lowest BCUT2D eigenvalue weighted by atomic mass is 10.1. The number of likely N-dealkylation sites (N-methyl/N-ethyl adjacent to an activating group) is 1. The highest BCUT2D eigenvalue weighted by atomic mass is 16.6. The van der Waals surface area contributed by atoms with Crippen LogP contribution in [0.5, 0.6) is 0 Å². The number of nitro groups is 1. The molecule has 1 aromatic rings. The Morgan fingerprint density at radius 3 is 2.76 bits per heavy atom. The molecule has 1 fully saturated rings. The Bertz CT molecular complexity index is 561. The first-order valence-electron chi connectivity index (χ1n) is 6.97. The number of rotatable bonds is 3. The number of carbonyl (C=O) groups excluding carboxylic acids is 1. The number of hydrogen-bond donors (Lipinski definition) is 1. The third-order valence-electron chi connectivity index (χ3n) is 4.01. The van der Waals surface area contributed by atoms with Crippen molar-refractivity contribution in [2.45, 2.75) is 19.4 Å². The Labute approximate surface area is 123 Å². The van der Waals surface area contributed by atoms with Crippen LogP contribution < -0.4 is 5.73 Å². The number of benzene rings is 1. The van der Waals surface area contributed by atoms with Crippen LogP contribution in [0.1, 0.15) is 23.7 Å². The molecule has 0 spiro atoms. The molecule has 2 rings (SSSR count). The van der Waals surface area contributed by atoms with Gasteiger partial charge in [0.1, 0.15) is 5.69 Å². The van der Waals surface area contributed by atoms with Crippen LogP contribution in [0.25, 0.3) is 0 Å². The number of nitrogens with two attached hydrogens (primary N) is 1. The minimum atomic E-state index is -0.549. The Morgan fingerprint density at radius 1 is 1.48 bits per heavy atom. The van der Waals surface area contributed by atoms with Crippen molar-refractivity contribution < 1.29 is 9.72 Å². The molecule has 1 amide bonds. The third-order valence-corrected chi connectivity index (χ3v) is 4.01. The maximum Gasteiger partial charge on any atom is 0.292 e. The molecular weight excluding hydrogens is 272 g/mol. The van der Waals surface area contributed by atoms with E-state index < -0.39 is 4.92 Å². The molecule has 1 atom stereocenters. The molecule has 0 bridgehead atoms. The molecule has 1 aliphatic rings. The smallest absolute Gasteiger partial charge is 0.292 e. The Morgan fingerprint density at radius 2 is 2.19 bits per heavy atom. The SMILES string of the molecule is CCC1CN(C(=O)c2ccc([N+](=O)[O-])c(N)c2)CCN1C. The van der Waals surface area contributed by atoms with Crippen molar-refractivity contribution in [3.63, 3.8) is 0 Å². The van der Waals surface area contributed by atoms with E-state index in [0.29, 0.717) is 24.7 Å². The third kappa shape index (κ3) is 3.13. The number of anilines is 1. The first-order valence-corrected chi connectivity index (χ1v) is 6.97. The van der Waals surface area contributed by atoms with Gasteiger partial charge in [0.05, 0.1) is 4.92 Å². The van der Waals surface area contributed by atoms with Crippen LogP contribution in [-0.2, 0) is 0 Å². The minimum Gasteiger partial charge on any atom is -0.393 e. The number of nitrogen functional groups attached to an aromatic ring is 1. The van der Waals surface area contributed by atoms with Crippen molar-refractivity contribution in [2.24, 2.45) is 0 Å². The summed E-state index contributed by atoms with van der Waals surface area (Å²) in [5, 5.41) is 10.7. The van der Waals surface area contributed by atoms with Gasteiger partial charge >= 0.3 is 0 Å². The molecule has 21 heavy (non-hydrogen) atoms. The lowest BCUT2D eigenvalue weighted by molar-refractivity contribution is -0.383. The van der Waals surface area contributed by atoms with E-state index in [1.54, 1.807) is 4.90 Å². The van der Waals surface area contributed by atoms with Gasteiger partial charge in [0.2, 0.25) is 0 Å². The lowest BCUT2D eigenvalue weighted by Crippen LogP contribution is -2.52. The van der Waals surface area contributed by atoms with Gasteiger partial charge in [0.15, 0.2) is 0 Å². The van der Waals surface area contributed by atoms with Crippen molar-refractivity contribution in [2.75, 3.05) is 32.4 Å². The minimum absolute atomic E-state index is 0.0204. The van der Waals surface area contributed by atoms with Gasteiger partial charge in [-0.15, -0.1) is 0 Å². The van der Waals surface area contributed by atoms with E-state index in [4.69, 9.17) is 5.73 Å². The van der Waals surface area contributed by atoms with Gasteiger partial charge in [0, 0.05) is 37.3 Å². The van der Waals surface area contributed by atoms with Gasteiger partial charge < -0.3 is 10.6 Å². The van der Waals surface area contributed by atoms with Crippen molar-refractivity contribution in [3.05, 3.63) is 33.9 Å². The number of carbonyl (C=O) groups is 1. The summed E-state index contributed by atoms with van der Waals surface area (Å²) in [6.45, 7) is 4.25. The number of nitro benzene ring substituents is 1. The summed E-state index contributed by atoms with van der Waals surface area (Å²) < 4.78 is 0.